The fourth-order valence-corrected chi connectivity index (χ4v) is 6.70. The molecule has 3 heterocycles. The van der Waals surface area contributed by atoms with Crippen molar-refractivity contribution in [3.63, 3.8) is 0 Å². The van der Waals surface area contributed by atoms with Crippen molar-refractivity contribution in [3.05, 3.63) is 75.3 Å². The van der Waals surface area contributed by atoms with Gasteiger partial charge in [-0.15, -0.1) is 0 Å². The third kappa shape index (κ3) is 3.09. The van der Waals surface area contributed by atoms with Crippen molar-refractivity contribution < 1.29 is 18.3 Å². The molecule has 0 radical (unpaired) electrons. The van der Waals surface area contributed by atoms with E-state index in [0.29, 0.717) is 19.7 Å². The van der Waals surface area contributed by atoms with E-state index in [0.717, 1.165) is 24.1 Å². The number of halogens is 2. The molecule has 2 aliphatic carbocycles. The van der Waals surface area contributed by atoms with Gasteiger partial charge in [0.05, 0.1) is 29.7 Å². The molecule has 1 N–H and O–H groups in total. The maximum atomic E-state index is 14.5. The number of nitrogens with zero attached hydrogens (tertiary/aromatic N) is 4. The summed E-state index contributed by atoms with van der Waals surface area (Å²) in [6.07, 6.45) is 1.34. The first-order chi connectivity index (χ1) is 17.2. The first kappa shape index (κ1) is 22.9. The Balaban J connectivity index is 1.38. The minimum absolute atomic E-state index is 0.118. The van der Waals surface area contributed by atoms with Crippen LogP contribution < -0.4 is 5.56 Å². The molecule has 0 spiro atoms. The molecule has 186 valence electrons. The van der Waals surface area contributed by atoms with E-state index in [-0.39, 0.29) is 45.9 Å². The lowest BCUT2D eigenvalue weighted by molar-refractivity contribution is -0.0842. The summed E-state index contributed by atoms with van der Waals surface area (Å²) in [4.78, 5) is 26.2. The fraction of sp³-hybridized carbons (Fsp3) is 0.423. The molecular weight excluding hydrogens is 468 g/mol. The summed E-state index contributed by atoms with van der Waals surface area (Å²) in [5, 5.41) is 15.0. The minimum Gasteiger partial charge on any atom is -0.374 e. The highest BCUT2D eigenvalue weighted by Crippen LogP contribution is 2.69. The van der Waals surface area contributed by atoms with Crippen LogP contribution in [0.2, 0.25) is 0 Å². The van der Waals surface area contributed by atoms with E-state index in [1.807, 2.05) is 0 Å². The number of carbonyl (C=O) groups is 1. The highest BCUT2D eigenvalue weighted by molar-refractivity contribution is 5.92. The number of hydrogen-bond donors (Lipinski definition) is 1. The van der Waals surface area contributed by atoms with Crippen LogP contribution in [0.25, 0.3) is 11.3 Å². The van der Waals surface area contributed by atoms with Crippen molar-refractivity contribution in [3.8, 4) is 11.3 Å². The summed E-state index contributed by atoms with van der Waals surface area (Å²) in [5.74, 6) is -1.52. The number of carbonyl (C=O) groups excluding carboxylic acids is 1. The van der Waals surface area contributed by atoms with E-state index in [4.69, 9.17) is 4.74 Å². The van der Waals surface area contributed by atoms with E-state index in [2.05, 4.69) is 34.2 Å². The van der Waals surface area contributed by atoms with Crippen molar-refractivity contribution in [2.24, 2.45) is 5.41 Å². The minimum atomic E-state index is -0.679. The van der Waals surface area contributed by atoms with Crippen LogP contribution >= 0.6 is 0 Å². The number of hydrogen-bond acceptors (Lipinski definition) is 6. The molecule has 1 aliphatic heterocycles. The topological polar surface area (TPSA) is 101 Å². The molecule has 2 fully saturated rings. The maximum absolute atomic E-state index is 14.5. The number of aromatic amines is 1. The summed E-state index contributed by atoms with van der Waals surface area (Å²) >= 11 is 0. The van der Waals surface area contributed by atoms with Crippen LogP contribution in [0.15, 0.2) is 41.2 Å². The Hall–Kier alpha value is -3.53. The molecule has 36 heavy (non-hydrogen) atoms. The highest BCUT2D eigenvalue weighted by atomic mass is 19.1. The molecular formula is C26H25F2N5O3. The second-order valence-electron chi connectivity index (χ2n) is 10.3. The number of benzene rings is 1. The van der Waals surface area contributed by atoms with Gasteiger partial charge in [0.1, 0.15) is 17.3 Å². The van der Waals surface area contributed by atoms with Crippen molar-refractivity contribution in [2.45, 2.75) is 44.1 Å². The zero-order valence-electron chi connectivity index (χ0n) is 19.9. The molecule has 8 nitrogen and oxygen atoms in total. The second kappa shape index (κ2) is 7.99. The average Bonchev–Trinajstić information content (AvgIpc) is 3.25. The van der Waals surface area contributed by atoms with Crippen LogP contribution in [0.4, 0.5) is 8.78 Å². The van der Waals surface area contributed by atoms with Crippen LogP contribution in [0.1, 0.15) is 54.4 Å². The first-order valence-electron chi connectivity index (χ1n) is 12.0. The number of ether oxygens (including phenoxy) is 1. The lowest BCUT2D eigenvalue weighted by atomic mass is 9.64. The van der Waals surface area contributed by atoms with Gasteiger partial charge >= 0.3 is 0 Å². The second-order valence-corrected chi connectivity index (χ2v) is 10.3. The van der Waals surface area contributed by atoms with Gasteiger partial charge in [0.15, 0.2) is 0 Å². The fourth-order valence-electron chi connectivity index (χ4n) is 6.70. The Labute approximate surface area is 205 Å². The van der Waals surface area contributed by atoms with Crippen molar-refractivity contribution in [1.29, 1.82) is 0 Å². The molecule has 10 heteroatoms. The standard InChI is InChI=1S/C26H25F2N5O3/c1-25(2)15-8-9-26(25,20-13-33(10-11-36-20)24(35)18-6-7-21(34)31-29-18)23-14(15)12-19(30-32-23)22-16(27)4-3-5-17(22)28/h3-7,12,15,20H,8-11,13H2,1-2H3,(H,31,34)/t15-,20-,26-/m0/s1. The van der Waals surface area contributed by atoms with E-state index in [9.17, 15) is 18.4 Å². The van der Waals surface area contributed by atoms with Gasteiger partial charge in [-0.2, -0.15) is 15.3 Å². The number of fused-ring (bicyclic) bond motifs is 5. The molecule has 1 aromatic carbocycles. The summed E-state index contributed by atoms with van der Waals surface area (Å²) in [5.41, 5.74) is 0.723. The normalized spacial score (nSPS) is 26.2. The van der Waals surface area contributed by atoms with Gasteiger partial charge in [-0.25, -0.2) is 13.9 Å². The number of H-pyrrole nitrogens is 1. The molecule has 1 saturated heterocycles. The van der Waals surface area contributed by atoms with Crippen LogP contribution in [0, 0.1) is 17.0 Å². The van der Waals surface area contributed by atoms with E-state index >= 15 is 0 Å². The summed E-state index contributed by atoms with van der Waals surface area (Å²) in [6, 6.07) is 8.21. The lowest BCUT2D eigenvalue weighted by Crippen LogP contribution is -2.57. The van der Waals surface area contributed by atoms with E-state index in [1.165, 1.54) is 30.3 Å². The van der Waals surface area contributed by atoms with Crippen molar-refractivity contribution in [2.75, 3.05) is 19.7 Å². The van der Waals surface area contributed by atoms with Gasteiger partial charge in [-0.05, 0) is 54.0 Å². The number of nitrogens with one attached hydrogen (secondary N) is 1. The molecule has 2 bridgehead atoms. The maximum Gasteiger partial charge on any atom is 0.274 e. The van der Waals surface area contributed by atoms with Gasteiger partial charge in [0.25, 0.3) is 11.5 Å². The van der Waals surface area contributed by atoms with E-state index < -0.39 is 17.0 Å². The largest absolute Gasteiger partial charge is 0.374 e. The summed E-state index contributed by atoms with van der Waals surface area (Å²) in [6.45, 7) is 5.43. The quantitative estimate of drug-likeness (QED) is 0.602. The van der Waals surface area contributed by atoms with Gasteiger partial charge in [0.2, 0.25) is 0 Å². The Morgan fingerprint density at radius 3 is 2.67 bits per heavy atom. The molecule has 6 rings (SSSR count). The van der Waals surface area contributed by atoms with Crippen LogP contribution in [-0.2, 0) is 10.2 Å². The van der Waals surface area contributed by atoms with Gasteiger partial charge in [0, 0.05) is 24.6 Å². The molecule has 3 atom stereocenters. The van der Waals surface area contributed by atoms with Crippen molar-refractivity contribution >= 4 is 5.91 Å². The predicted molar refractivity (Wildman–Crippen MR) is 125 cm³/mol. The number of rotatable bonds is 3. The highest BCUT2D eigenvalue weighted by Gasteiger charge is 2.67. The molecule has 2 aromatic heterocycles. The van der Waals surface area contributed by atoms with Gasteiger partial charge in [-0.3, -0.25) is 9.59 Å². The Kier molecular flexibility index (Phi) is 5.08. The molecule has 3 aromatic rings. The van der Waals surface area contributed by atoms with Crippen LogP contribution in [0.3, 0.4) is 0 Å². The lowest BCUT2D eigenvalue weighted by Gasteiger charge is -2.47. The summed E-state index contributed by atoms with van der Waals surface area (Å²) in [7, 11) is 0. The zero-order chi connectivity index (χ0) is 25.2. The number of amides is 1. The number of morpholine rings is 1. The van der Waals surface area contributed by atoms with Crippen molar-refractivity contribution in [1.82, 2.24) is 25.3 Å². The molecule has 0 unspecified atom stereocenters. The number of aromatic nitrogens is 4. The Morgan fingerprint density at radius 2 is 1.94 bits per heavy atom. The van der Waals surface area contributed by atoms with Crippen LogP contribution in [-0.4, -0.2) is 57.0 Å². The predicted octanol–water partition coefficient (Wildman–Crippen LogP) is 3.20. The monoisotopic (exact) mass is 493 g/mol. The Bertz CT molecular complexity index is 1400. The first-order valence-corrected chi connectivity index (χ1v) is 12.0. The Morgan fingerprint density at radius 1 is 1.17 bits per heavy atom. The summed E-state index contributed by atoms with van der Waals surface area (Å²) < 4.78 is 35.3. The third-order valence-corrected chi connectivity index (χ3v) is 8.49. The van der Waals surface area contributed by atoms with Gasteiger partial charge in [-0.1, -0.05) is 19.9 Å². The smallest absolute Gasteiger partial charge is 0.274 e. The molecule has 1 saturated carbocycles. The average molecular weight is 494 g/mol. The van der Waals surface area contributed by atoms with E-state index in [1.54, 1.807) is 11.0 Å². The SMILES string of the molecule is CC1(C)[C@H]2CC[C@]1([C@@H]1CN(C(=O)c3ccc(=O)[nH]n3)CCO1)c1nnc(-c3c(F)cccc3F)cc12. The molecule has 1 amide bonds. The zero-order valence-corrected chi connectivity index (χ0v) is 19.9. The third-order valence-electron chi connectivity index (χ3n) is 8.49. The molecule has 3 aliphatic rings. The van der Waals surface area contributed by atoms with Gasteiger partial charge < -0.3 is 9.64 Å². The van der Waals surface area contributed by atoms with Crippen LogP contribution in [0.5, 0.6) is 0 Å².